The average Bonchev–Trinajstić information content (AvgIpc) is 3.02. The van der Waals surface area contributed by atoms with E-state index in [9.17, 15) is 9.59 Å². The van der Waals surface area contributed by atoms with Gasteiger partial charge in [-0.3, -0.25) is 9.36 Å². The van der Waals surface area contributed by atoms with Crippen LogP contribution in [0.1, 0.15) is 11.9 Å². The molecule has 1 aromatic carbocycles. The smallest absolute Gasteiger partial charge is 0.408 e. The van der Waals surface area contributed by atoms with Crippen LogP contribution < -0.4 is 11.1 Å². The van der Waals surface area contributed by atoms with Crippen LogP contribution in [0.2, 0.25) is 0 Å². The first-order chi connectivity index (χ1) is 10.0. The molecule has 0 bridgehead atoms. The fourth-order valence-corrected chi connectivity index (χ4v) is 2.76. The molecular formula is C14H13N3O3S. The Labute approximate surface area is 124 Å². The molecule has 3 aromatic rings. The second kappa shape index (κ2) is 5.17. The summed E-state index contributed by atoms with van der Waals surface area (Å²) in [4.78, 5) is 26.8. The average molecular weight is 303 g/mol. The Morgan fingerprint density at radius 3 is 3.05 bits per heavy atom. The van der Waals surface area contributed by atoms with Crippen molar-refractivity contribution in [3.8, 4) is 11.3 Å². The maximum atomic E-state index is 11.5. The molecule has 0 fully saturated rings. The van der Waals surface area contributed by atoms with Gasteiger partial charge in [0.1, 0.15) is 5.01 Å². The first-order valence-corrected chi connectivity index (χ1v) is 7.21. The van der Waals surface area contributed by atoms with Crippen molar-refractivity contribution in [2.75, 3.05) is 0 Å². The molecule has 0 radical (unpaired) electrons. The van der Waals surface area contributed by atoms with E-state index in [1.54, 1.807) is 13.1 Å². The fourth-order valence-electron chi connectivity index (χ4n) is 2.02. The second-order valence-corrected chi connectivity index (χ2v) is 5.59. The maximum absolute atomic E-state index is 11.5. The highest BCUT2D eigenvalue weighted by atomic mass is 32.1. The normalized spacial score (nSPS) is 11.0. The van der Waals surface area contributed by atoms with Crippen LogP contribution in [0.3, 0.4) is 0 Å². The number of oxazole rings is 1. The highest BCUT2D eigenvalue weighted by Crippen LogP contribution is 2.25. The molecule has 3 rings (SSSR count). The summed E-state index contributed by atoms with van der Waals surface area (Å²) < 4.78 is 6.63. The van der Waals surface area contributed by atoms with Gasteiger partial charge in [-0.05, 0) is 12.1 Å². The summed E-state index contributed by atoms with van der Waals surface area (Å²) in [5.74, 6) is -0.467. The van der Waals surface area contributed by atoms with E-state index in [4.69, 9.17) is 4.42 Å². The Balaban J connectivity index is 1.93. The van der Waals surface area contributed by atoms with Crippen molar-refractivity contribution in [3.63, 3.8) is 0 Å². The Morgan fingerprint density at radius 2 is 2.29 bits per heavy atom. The zero-order chi connectivity index (χ0) is 15.0. The number of carbonyl (C=O) groups is 1. The van der Waals surface area contributed by atoms with Gasteiger partial charge in [0, 0.05) is 24.9 Å². The topological polar surface area (TPSA) is 77.1 Å². The van der Waals surface area contributed by atoms with E-state index in [0.717, 1.165) is 21.8 Å². The van der Waals surface area contributed by atoms with Crippen LogP contribution >= 0.6 is 11.3 Å². The summed E-state index contributed by atoms with van der Waals surface area (Å²) in [5, 5.41) is 5.46. The summed E-state index contributed by atoms with van der Waals surface area (Å²) in [7, 11) is 1.67. The minimum absolute atomic E-state index is 0.0840. The highest BCUT2D eigenvalue weighted by molar-refractivity contribution is 7.09. The second-order valence-electron chi connectivity index (χ2n) is 4.65. The lowest BCUT2D eigenvalue weighted by Crippen LogP contribution is -2.18. The number of aromatic nitrogens is 2. The molecule has 7 heteroatoms. The van der Waals surface area contributed by atoms with Crippen molar-refractivity contribution >= 4 is 28.3 Å². The van der Waals surface area contributed by atoms with Crippen molar-refractivity contribution in [1.29, 1.82) is 0 Å². The SMILES string of the molecule is CC(=O)NCc1nc(-c2ccc3c(c2)oc(=O)n3C)cs1. The lowest BCUT2D eigenvalue weighted by molar-refractivity contribution is -0.119. The zero-order valence-electron chi connectivity index (χ0n) is 11.5. The molecule has 1 amide bonds. The fraction of sp³-hybridized carbons (Fsp3) is 0.214. The van der Waals surface area contributed by atoms with E-state index in [2.05, 4.69) is 10.3 Å². The first-order valence-electron chi connectivity index (χ1n) is 6.33. The first kappa shape index (κ1) is 13.6. The predicted octanol–water partition coefficient (Wildman–Crippen LogP) is 1.89. The minimum Gasteiger partial charge on any atom is -0.408 e. The number of fused-ring (bicyclic) bond motifs is 1. The summed E-state index contributed by atoms with van der Waals surface area (Å²) in [5.41, 5.74) is 2.96. The van der Waals surface area contributed by atoms with Crippen LogP contribution in [-0.2, 0) is 18.4 Å². The standard InChI is InChI=1S/C14H13N3O3S/c1-8(18)15-6-13-16-10(7-21-13)9-3-4-11-12(5-9)20-14(19)17(11)2/h3-5,7H,6H2,1-2H3,(H,15,18). The van der Waals surface area contributed by atoms with Crippen molar-refractivity contribution in [1.82, 2.24) is 14.9 Å². The Kier molecular flexibility index (Phi) is 3.34. The Morgan fingerprint density at radius 1 is 1.48 bits per heavy atom. The van der Waals surface area contributed by atoms with Crippen LogP contribution in [-0.4, -0.2) is 15.5 Å². The molecule has 0 aliphatic carbocycles. The molecule has 0 saturated heterocycles. The number of amides is 1. The molecule has 0 spiro atoms. The third-order valence-electron chi connectivity index (χ3n) is 3.13. The molecule has 2 heterocycles. The largest absolute Gasteiger partial charge is 0.419 e. The predicted molar refractivity (Wildman–Crippen MR) is 80.1 cm³/mol. The number of hydrogen-bond acceptors (Lipinski definition) is 5. The lowest BCUT2D eigenvalue weighted by Gasteiger charge is -1.98. The van der Waals surface area contributed by atoms with Gasteiger partial charge in [-0.2, -0.15) is 0 Å². The molecule has 6 nitrogen and oxygen atoms in total. The van der Waals surface area contributed by atoms with E-state index in [1.165, 1.54) is 22.8 Å². The van der Waals surface area contributed by atoms with E-state index in [1.807, 2.05) is 17.5 Å². The molecular weight excluding hydrogens is 290 g/mol. The van der Waals surface area contributed by atoms with Crippen LogP contribution in [0.15, 0.2) is 32.8 Å². The molecule has 0 aliphatic rings. The van der Waals surface area contributed by atoms with Crippen LogP contribution in [0.25, 0.3) is 22.4 Å². The number of thiazole rings is 1. The maximum Gasteiger partial charge on any atom is 0.419 e. The van der Waals surface area contributed by atoms with Gasteiger partial charge in [0.05, 0.1) is 17.8 Å². The number of carbonyl (C=O) groups excluding carboxylic acids is 1. The summed E-state index contributed by atoms with van der Waals surface area (Å²) >= 11 is 1.48. The van der Waals surface area contributed by atoms with Gasteiger partial charge >= 0.3 is 5.76 Å². The third-order valence-corrected chi connectivity index (χ3v) is 3.98. The molecule has 0 saturated carbocycles. The van der Waals surface area contributed by atoms with Gasteiger partial charge in [0.25, 0.3) is 0 Å². The molecule has 1 N–H and O–H groups in total. The summed E-state index contributed by atoms with van der Waals surface area (Å²) in [6, 6.07) is 5.53. The number of nitrogens with one attached hydrogen (secondary N) is 1. The Hall–Kier alpha value is -2.41. The number of benzene rings is 1. The van der Waals surface area contributed by atoms with Gasteiger partial charge in [-0.15, -0.1) is 11.3 Å². The van der Waals surface area contributed by atoms with E-state index < -0.39 is 0 Å². The van der Waals surface area contributed by atoms with E-state index >= 15 is 0 Å². The van der Waals surface area contributed by atoms with Gasteiger partial charge < -0.3 is 9.73 Å². The summed E-state index contributed by atoms with van der Waals surface area (Å²) in [6.45, 7) is 1.89. The lowest BCUT2D eigenvalue weighted by atomic mass is 10.1. The third kappa shape index (κ3) is 2.59. The molecule has 2 aromatic heterocycles. The molecule has 21 heavy (non-hydrogen) atoms. The van der Waals surface area contributed by atoms with E-state index in [-0.39, 0.29) is 11.7 Å². The number of nitrogens with zero attached hydrogens (tertiary/aromatic N) is 2. The number of aryl methyl sites for hydroxylation is 1. The van der Waals surface area contributed by atoms with Gasteiger partial charge in [-0.1, -0.05) is 6.07 Å². The van der Waals surface area contributed by atoms with E-state index in [0.29, 0.717) is 12.1 Å². The van der Waals surface area contributed by atoms with Crippen molar-refractivity contribution in [2.24, 2.45) is 7.05 Å². The van der Waals surface area contributed by atoms with Crippen molar-refractivity contribution < 1.29 is 9.21 Å². The summed E-state index contributed by atoms with van der Waals surface area (Å²) in [6.07, 6.45) is 0. The zero-order valence-corrected chi connectivity index (χ0v) is 12.4. The van der Waals surface area contributed by atoms with Crippen LogP contribution in [0.5, 0.6) is 0 Å². The molecule has 108 valence electrons. The minimum atomic E-state index is -0.383. The van der Waals surface area contributed by atoms with Crippen LogP contribution in [0, 0.1) is 0 Å². The van der Waals surface area contributed by atoms with Gasteiger partial charge in [-0.25, -0.2) is 9.78 Å². The molecule has 0 atom stereocenters. The molecule has 0 unspecified atom stereocenters. The highest BCUT2D eigenvalue weighted by Gasteiger charge is 2.10. The van der Waals surface area contributed by atoms with Crippen LogP contribution in [0.4, 0.5) is 0 Å². The number of rotatable bonds is 3. The van der Waals surface area contributed by atoms with Gasteiger partial charge in [0.2, 0.25) is 5.91 Å². The van der Waals surface area contributed by atoms with Crippen molar-refractivity contribution in [3.05, 3.63) is 39.1 Å². The number of hydrogen-bond donors (Lipinski definition) is 1. The molecule has 0 aliphatic heterocycles. The van der Waals surface area contributed by atoms with Gasteiger partial charge in [0.15, 0.2) is 5.58 Å². The monoisotopic (exact) mass is 303 g/mol. The Bertz CT molecular complexity index is 875. The quantitative estimate of drug-likeness (QED) is 0.801. The van der Waals surface area contributed by atoms with Crippen molar-refractivity contribution in [2.45, 2.75) is 13.5 Å².